The zero-order chi connectivity index (χ0) is 13.9. The zero-order valence-corrected chi connectivity index (χ0v) is 12.3. The molecule has 98 valence electrons. The Hall–Kier alpha value is -1.79. The molecule has 0 fully saturated rings. The van der Waals surface area contributed by atoms with Crippen LogP contribution in [0.3, 0.4) is 0 Å². The van der Waals surface area contributed by atoms with Gasteiger partial charge in [-0.25, -0.2) is 4.98 Å². The molecule has 3 heteroatoms. The van der Waals surface area contributed by atoms with Crippen LogP contribution in [0.5, 0.6) is 0 Å². The number of nitrogens with one attached hydrogen (secondary N) is 1. The molecule has 1 aromatic carbocycles. The van der Waals surface area contributed by atoms with Crippen molar-refractivity contribution in [1.29, 1.82) is 0 Å². The van der Waals surface area contributed by atoms with E-state index in [4.69, 9.17) is 6.42 Å². The number of thiazole rings is 1. The molecule has 0 radical (unpaired) electrons. The summed E-state index contributed by atoms with van der Waals surface area (Å²) in [6.07, 6.45) is 7.34. The monoisotopic (exact) mass is 270 g/mol. The molecule has 19 heavy (non-hydrogen) atoms. The number of nitrogens with zero attached hydrogens (tertiary/aromatic N) is 1. The number of rotatable bonds is 3. The van der Waals surface area contributed by atoms with Crippen LogP contribution in [0.1, 0.15) is 36.2 Å². The predicted molar refractivity (Wildman–Crippen MR) is 82.5 cm³/mol. The molecule has 0 spiro atoms. The molecule has 0 saturated carbocycles. The molecule has 0 bridgehead atoms. The lowest BCUT2D eigenvalue weighted by Gasteiger charge is -2.13. The number of anilines is 1. The Morgan fingerprint density at radius 2 is 2.16 bits per heavy atom. The summed E-state index contributed by atoms with van der Waals surface area (Å²) in [6.45, 7) is 7.32. The van der Waals surface area contributed by atoms with Gasteiger partial charge in [-0.2, -0.15) is 0 Å². The Balaban J connectivity index is 2.03. The first-order valence-electron chi connectivity index (χ1n) is 6.25. The van der Waals surface area contributed by atoms with Crippen LogP contribution in [0.25, 0.3) is 0 Å². The van der Waals surface area contributed by atoms with Crippen molar-refractivity contribution in [2.45, 2.75) is 32.7 Å². The molecule has 2 aromatic rings. The molecular weight excluding hydrogens is 252 g/mol. The van der Waals surface area contributed by atoms with Crippen LogP contribution < -0.4 is 5.32 Å². The van der Waals surface area contributed by atoms with Gasteiger partial charge in [0, 0.05) is 27.7 Å². The minimum absolute atomic E-state index is 0.117. The fourth-order valence-electron chi connectivity index (χ4n) is 1.64. The lowest BCUT2D eigenvalue weighted by molar-refractivity contribution is 0.585. The second kappa shape index (κ2) is 5.46. The molecule has 1 heterocycles. The number of terminal acetylenes is 1. The highest BCUT2D eigenvalue weighted by Gasteiger charge is 2.17. The second-order valence-electron chi connectivity index (χ2n) is 5.46. The third kappa shape index (κ3) is 3.59. The summed E-state index contributed by atoms with van der Waals surface area (Å²) in [4.78, 5) is 5.71. The van der Waals surface area contributed by atoms with E-state index in [1.807, 2.05) is 30.5 Å². The van der Waals surface area contributed by atoms with Gasteiger partial charge in [0.05, 0.1) is 11.6 Å². The van der Waals surface area contributed by atoms with Crippen molar-refractivity contribution < 1.29 is 0 Å². The summed E-state index contributed by atoms with van der Waals surface area (Å²) in [7, 11) is 0. The normalized spacial score (nSPS) is 11.1. The average Bonchev–Trinajstić information content (AvgIpc) is 2.85. The van der Waals surface area contributed by atoms with E-state index in [0.29, 0.717) is 0 Å². The smallest absolute Gasteiger partial charge is 0.0981 e. The predicted octanol–water partition coefficient (Wildman–Crippen LogP) is 4.03. The van der Waals surface area contributed by atoms with E-state index in [1.165, 1.54) is 9.88 Å². The van der Waals surface area contributed by atoms with E-state index in [9.17, 15) is 0 Å². The minimum Gasteiger partial charge on any atom is -0.380 e. The molecule has 2 nitrogen and oxygen atoms in total. The van der Waals surface area contributed by atoms with Crippen molar-refractivity contribution in [2.24, 2.45) is 0 Å². The van der Waals surface area contributed by atoms with E-state index in [2.05, 4.69) is 37.0 Å². The summed E-state index contributed by atoms with van der Waals surface area (Å²) in [6, 6.07) is 7.89. The molecule has 0 atom stereocenters. The lowest BCUT2D eigenvalue weighted by Crippen LogP contribution is -2.09. The summed E-state index contributed by atoms with van der Waals surface area (Å²) in [5.41, 5.74) is 2.05. The maximum atomic E-state index is 5.39. The third-order valence-corrected chi connectivity index (χ3v) is 4.11. The van der Waals surface area contributed by atoms with Gasteiger partial charge >= 0.3 is 0 Å². The molecular formula is C16H18N2S. The first-order chi connectivity index (χ1) is 8.99. The largest absolute Gasteiger partial charge is 0.380 e. The van der Waals surface area contributed by atoms with Crippen molar-refractivity contribution >= 4 is 17.0 Å². The fraction of sp³-hybridized carbons (Fsp3) is 0.312. The van der Waals surface area contributed by atoms with Crippen LogP contribution in [0.2, 0.25) is 0 Å². The van der Waals surface area contributed by atoms with Crippen LogP contribution in [0.15, 0.2) is 30.5 Å². The molecule has 0 saturated heterocycles. The molecule has 0 aliphatic rings. The maximum Gasteiger partial charge on any atom is 0.0981 e. The second-order valence-corrected chi connectivity index (χ2v) is 6.58. The van der Waals surface area contributed by atoms with Crippen molar-refractivity contribution in [3.05, 3.63) is 45.9 Å². The summed E-state index contributed by atoms with van der Waals surface area (Å²) >= 11 is 1.76. The lowest BCUT2D eigenvalue weighted by atomic mass is 9.98. The third-order valence-electron chi connectivity index (χ3n) is 2.69. The van der Waals surface area contributed by atoms with E-state index < -0.39 is 0 Å². The molecule has 1 N–H and O–H groups in total. The SMILES string of the molecule is C#Cc1cccc(NCc2cnc(C(C)(C)C)s2)c1. The van der Waals surface area contributed by atoms with Gasteiger partial charge in [-0.05, 0) is 18.2 Å². The van der Waals surface area contributed by atoms with Crippen molar-refractivity contribution in [3.8, 4) is 12.3 Å². The van der Waals surface area contributed by atoms with Gasteiger partial charge in [0.1, 0.15) is 0 Å². The molecule has 0 aliphatic carbocycles. The Labute approximate surface area is 118 Å². The number of aromatic nitrogens is 1. The highest BCUT2D eigenvalue weighted by Crippen LogP contribution is 2.27. The van der Waals surface area contributed by atoms with Crippen LogP contribution >= 0.6 is 11.3 Å². The molecule has 0 amide bonds. The highest BCUT2D eigenvalue weighted by atomic mass is 32.1. The van der Waals surface area contributed by atoms with Crippen LogP contribution in [0, 0.1) is 12.3 Å². The summed E-state index contributed by atoms with van der Waals surface area (Å²) < 4.78 is 0. The Morgan fingerprint density at radius 3 is 2.79 bits per heavy atom. The van der Waals surface area contributed by atoms with Crippen molar-refractivity contribution in [2.75, 3.05) is 5.32 Å². The van der Waals surface area contributed by atoms with Crippen LogP contribution in [-0.4, -0.2) is 4.98 Å². The topological polar surface area (TPSA) is 24.9 Å². The molecule has 2 rings (SSSR count). The number of hydrogen-bond donors (Lipinski definition) is 1. The number of hydrogen-bond acceptors (Lipinski definition) is 3. The Morgan fingerprint density at radius 1 is 1.37 bits per heavy atom. The van der Waals surface area contributed by atoms with Crippen molar-refractivity contribution in [3.63, 3.8) is 0 Å². The van der Waals surface area contributed by atoms with Crippen molar-refractivity contribution in [1.82, 2.24) is 4.98 Å². The highest BCUT2D eigenvalue weighted by molar-refractivity contribution is 7.11. The van der Waals surface area contributed by atoms with Gasteiger partial charge in [-0.3, -0.25) is 0 Å². The van der Waals surface area contributed by atoms with E-state index in [-0.39, 0.29) is 5.41 Å². The standard InChI is InChI=1S/C16H18N2S/c1-5-12-7-6-8-13(9-12)17-10-14-11-18-15(19-14)16(2,3)4/h1,6-9,11,17H,10H2,2-4H3. The molecule has 0 aliphatic heterocycles. The number of benzene rings is 1. The zero-order valence-electron chi connectivity index (χ0n) is 11.5. The average molecular weight is 270 g/mol. The summed E-state index contributed by atoms with van der Waals surface area (Å²) in [5.74, 6) is 2.64. The van der Waals surface area contributed by atoms with Gasteiger partial charge < -0.3 is 5.32 Å². The summed E-state index contributed by atoms with van der Waals surface area (Å²) in [5, 5.41) is 4.54. The molecule has 1 aromatic heterocycles. The van der Waals surface area contributed by atoms with Gasteiger partial charge in [-0.1, -0.05) is 32.8 Å². The van der Waals surface area contributed by atoms with Gasteiger partial charge in [-0.15, -0.1) is 17.8 Å². The van der Waals surface area contributed by atoms with Gasteiger partial charge in [0.15, 0.2) is 0 Å². The van der Waals surface area contributed by atoms with E-state index >= 15 is 0 Å². The van der Waals surface area contributed by atoms with Gasteiger partial charge in [0.25, 0.3) is 0 Å². The first-order valence-corrected chi connectivity index (χ1v) is 7.06. The van der Waals surface area contributed by atoms with Gasteiger partial charge in [0.2, 0.25) is 0 Å². The van der Waals surface area contributed by atoms with Crippen LogP contribution in [0.4, 0.5) is 5.69 Å². The Bertz CT molecular complexity index is 600. The Kier molecular flexibility index (Phi) is 3.92. The van der Waals surface area contributed by atoms with E-state index in [0.717, 1.165) is 17.8 Å². The quantitative estimate of drug-likeness (QED) is 0.852. The van der Waals surface area contributed by atoms with E-state index in [1.54, 1.807) is 11.3 Å². The maximum absolute atomic E-state index is 5.39. The fourth-order valence-corrected chi connectivity index (χ4v) is 2.55. The molecule has 0 unspecified atom stereocenters. The first kappa shape index (κ1) is 13.6. The minimum atomic E-state index is 0.117. The van der Waals surface area contributed by atoms with Crippen LogP contribution in [-0.2, 0) is 12.0 Å².